The summed E-state index contributed by atoms with van der Waals surface area (Å²) in [5.74, 6) is 0.900. The van der Waals surface area contributed by atoms with Crippen LogP contribution in [0.25, 0.3) is 21.8 Å². The summed E-state index contributed by atoms with van der Waals surface area (Å²) >= 11 is 0. The molecule has 1 aliphatic rings. The number of fused-ring (bicyclic) bond motifs is 2. The summed E-state index contributed by atoms with van der Waals surface area (Å²) in [6, 6.07) is 16.0. The molecule has 2 heterocycles. The first-order chi connectivity index (χ1) is 15.8. The van der Waals surface area contributed by atoms with Crippen molar-refractivity contribution in [2.24, 2.45) is 17.0 Å². The normalized spacial score (nSPS) is 19.5. The SMILES string of the molecule is N#Cc1ccc(NCC2CCC(C(N=N)c3ncnc4[nH]ccc34)CC2)c2ccccc12. The van der Waals surface area contributed by atoms with Crippen LogP contribution in [0.15, 0.2) is 60.1 Å². The Morgan fingerprint density at radius 1 is 1.06 bits per heavy atom. The Labute approximate surface area is 186 Å². The van der Waals surface area contributed by atoms with Gasteiger partial charge in [-0.15, -0.1) is 0 Å². The maximum Gasteiger partial charge on any atom is 0.141 e. The van der Waals surface area contributed by atoms with Gasteiger partial charge in [-0.3, -0.25) is 0 Å². The molecule has 0 bridgehead atoms. The van der Waals surface area contributed by atoms with Gasteiger partial charge in [0.1, 0.15) is 18.0 Å². The van der Waals surface area contributed by atoms with Gasteiger partial charge in [-0.25, -0.2) is 15.5 Å². The zero-order chi connectivity index (χ0) is 21.9. The molecule has 1 aliphatic carbocycles. The number of rotatable bonds is 6. The van der Waals surface area contributed by atoms with Crippen molar-refractivity contribution in [3.63, 3.8) is 0 Å². The van der Waals surface area contributed by atoms with Crippen LogP contribution >= 0.6 is 0 Å². The third-order valence-corrected chi connectivity index (χ3v) is 6.77. The van der Waals surface area contributed by atoms with E-state index in [4.69, 9.17) is 5.53 Å². The summed E-state index contributed by atoms with van der Waals surface area (Å²) in [4.78, 5) is 11.9. The Morgan fingerprint density at radius 2 is 1.88 bits per heavy atom. The molecule has 0 saturated heterocycles. The number of H-pyrrole nitrogens is 1. The molecule has 2 aromatic heterocycles. The molecule has 1 atom stereocenters. The highest BCUT2D eigenvalue weighted by atomic mass is 15.0. The molecule has 4 aromatic rings. The molecule has 0 spiro atoms. The van der Waals surface area contributed by atoms with Gasteiger partial charge in [0.05, 0.1) is 17.3 Å². The minimum Gasteiger partial charge on any atom is -0.384 e. The van der Waals surface area contributed by atoms with Gasteiger partial charge >= 0.3 is 0 Å². The molecule has 0 amide bonds. The number of nitrogens with zero attached hydrogens (tertiary/aromatic N) is 4. The van der Waals surface area contributed by atoms with E-state index in [1.807, 2.05) is 42.6 Å². The lowest BCUT2D eigenvalue weighted by Gasteiger charge is -2.31. The summed E-state index contributed by atoms with van der Waals surface area (Å²) in [7, 11) is 0. The second-order valence-electron chi connectivity index (χ2n) is 8.55. The highest BCUT2D eigenvalue weighted by Gasteiger charge is 2.30. The zero-order valence-electron chi connectivity index (χ0n) is 17.8. The predicted octanol–water partition coefficient (Wildman–Crippen LogP) is 5.97. The van der Waals surface area contributed by atoms with Gasteiger partial charge < -0.3 is 10.3 Å². The molecular formula is C25H25N7. The number of aromatic nitrogens is 3. The van der Waals surface area contributed by atoms with Crippen molar-refractivity contribution in [1.29, 1.82) is 10.8 Å². The molecular weight excluding hydrogens is 398 g/mol. The van der Waals surface area contributed by atoms with Gasteiger partial charge in [-0.2, -0.15) is 10.4 Å². The first-order valence-corrected chi connectivity index (χ1v) is 11.1. The lowest BCUT2D eigenvalue weighted by molar-refractivity contribution is 0.245. The van der Waals surface area contributed by atoms with Crippen LogP contribution in [0, 0.1) is 28.7 Å². The van der Waals surface area contributed by atoms with Crippen molar-refractivity contribution in [2.45, 2.75) is 31.7 Å². The zero-order valence-corrected chi connectivity index (χ0v) is 17.8. The summed E-state index contributed by atoms with van der Waals surface area (Å²) in [6.07, 6.45) is 7.68. The fourth-order valence-electron chi connectivity index (χ4n) is 5.03. The average molecular weight is 424 g/mol. The predicted molar refractivity (Wildman–Crippen MR) is 124 cm³/mol. The van der Waals surface area contributed by atoms with Crippen molar-refractivity contribution in [3.05, 3.63) is 66.2 Å². The first kappa shape index (κ1) is 20.1. The molecule has 1 unspecified atom stereocenters. The summed E-state index contributed by atoms with van der Waals surface area (Å²) in [6.45, 7) is 0.904. The van der Waals surface area contributed by atoms with Crippen LogP contribution in [0.3, 0.4) is 0 Å². The Kier molecular flexibility index (Phi) is 5.51. The molecule has 160 valence electrons. The molecule has 7 nitrogen and oxygen atoms in total. The van der Waals surface area contributed by atoms with Crippen molar-refractivity contribution in [3.8, 4) is 6.07 Å². The van der Waals surface area contributed by atoms with Crippen LogP contribution < -0.4 is 5.32 Å². The minimum atomic E-state index is -0.215. The van der Waals surface area contributed by atoms with Crippen molar-refractivity contribution in [1.82, 2.24) is 15.0 Å². The molecule has 1 fully saturated rings. The number of aromatic amines is 1. The fraction of sp³-hybridized carbons (Fsp3) is 0.320. The summed E-state index contributed by atoms with van der Waals surface area (Å²) in [5, 5.41) is 20.0. The fourth-order valence-corrected chi connectivity index (χ4v) is 5.03. The van der Waals surface area contributed by atoms with Crippen molar-refractivity contribution in [2.75, 3.05) is 11.9 Å². The third kappa shape index (κ3) is 3.69. The molecule has 32 heavy (non-hydrogen) atoms. The number of hydrogen-bond donors (Lipinski definition) is 3. The van der Waals surface area contributed by atoms with E-state index in [9.17, 15) is 5.26 Å². The van der Waals surface area contributed by atoms with Crippen LogP contribution in [0.2, 0.25) is 0 Å². The Hall–Kier alpha value is -3.79. The summed E-state index contributed by atoms with van der Waals surface area (Å²) < 4.78 is 0. The first-order valence-electron chi connectivity index (χ1n) is 11.1. The molecule has 7 heteroatoms. The van der Waals surface area contributed by atoms with E-state index in [1.54, 1.807) is 6.33 Å². The molecule has 5 rings (SSSR count). The van der Waals surface area contributed by atoms with Crippen LogP contribution in [-0.4, -0.2) is 21.5 Å². The van der Waals surface area contributed by atoms with E-state index in [-0.39, 0.29) is 6.04 Å². The van der Waals surface area contributed by atoms with Crippen molar-refractivity contribution < 1.29 is 0 Å². The number of hydrogen-bond acceptors (Lipinski definition) is 6. The molecule has 1 saturated carbocycles. The van der Waals surface area contributed by atoms with E-state index in [0.717, 1.165) is 65.4 Å². The minimum absolute atomic E-state index is 0.215. The highest BCUT2D eigenvalue weighted by molar-refractivity contribution is 5.97. The van der Waals surface area contributed by atoms with E-state index < -0.39 is 0 Å². The Morgan fingerprint density at radius 3 is 2.66 bits per heavy atom. The van der Waals surface area contributed by atoms with E-state index >= 15 is 0 Å². The van der Waals surface area contributed by atoms with Gasteiger partial charge in [-0.05, 0) is 55.7 Å². The number of anilines is 1. The molecule has 0 aliphatic heterocycles. The molecule has 0 radical (unpaired) electrons. The number of benzene rings is 2. The monoisotopic (exact) mass is 423 g/mol. The standard InChI is InChI=1S/C25H25N7/c26-13-18-9-10-22(20-4-2-1-3-19(18)20)29-14-16-5-7-17(8-6-16)23(32-27)24-21-11-12-28-25(21)31-15-30-24/h1-4,9-12,15-17,23,27,29H,5-8,14H2,(H,28,30,31). The lowest BCUT2D eigenvalue weighted by Crippen LogP contribution is -2.24. The maximum absolute atomic E-state index is 9.38. The largest absolute Gasteiger partial charge is 0.384 e. The smallest absolute Gasteiger partial charge is 0.141 e. The Bertz CT molecular complexity index is 1290. The second kappa shape index (κ2) is 8.75. The number of nitrogens with one attached hydrogen (secondary N) is 3. The maximum atomic E-state index is 9.38. The van der Waals surface area contributed by atoms with E-state index in [1.165, 1.54) is 0 Å². The van der Waals surface area contributed by atoms with Crippen LogP contribution in [0.5, 0.6) is 0 Å². The van der Waals surface area contributed by atoms with E-state index in [2.05, 4.69) is 37.5 Å². The third-order valence-electron chi connectivity index (χ3n) is 6.77. The molecule has 3 N–H and O–H groups in total. The van der Waals surface area contributed by atoms with Crippen LogP contribution in [-0.2, 0) is 0 Å². The van der Waals surface area contributed by atoms with Gasteiger partial charge in [0.25, 0.3) is 0 Å². The average Bonchev–Trinajstić information content (AvgIpc) is 3.33. The quantitative estimate of drug-likeness (QED) is 0.331. The highest BCUT2D eigenvalue weighted by Crippen LogP contribution is 2.40. The van der Waals surface area contributed by atoms with Crippen LogP contribution in [0.1, 0.15) is 43.0 Å². The molecule has 2 aromatic carbocycles. The topological polar surface area (TPSA) is 114 Å². The van der Waals surface area contributed by atoms with E-state index in [0.29, 0.717) is 17.4 Å². The summed E-state index contributed by atoms with van der Waals surface area (Å²) in [5.41, 5.74) is 11.3. The van der Waals surface area contributed by atoms with Gasteiger partial charge in [0.2, 0.25) is 0 Å². The van der Waals surface area contributed by atoms with Gasteiger partial charge in [0.15, 0.2) is 0 Å². The number of nitriles is 1. The second-order valence-corrected chi connectivity index (χ2v) is 8.55. The Balaban J connectivity index is 1.25. The van der Waals surface area contributed by atoms with Gasteiger partial charge in [-0.1, -0.05) is 24.3 Å². The van der Waals surface area contributed by atoms with Gasteiger partial charge in [0, 0.05) is 34.6 Å². The lowest BCUT2D eigenvalue weighted by atomic mass is 9.77. The van der Waals surface area contributed by atoms with Crippen molar-refractivity contribution >= 4 is 27.5 Å². The van der Waals surface area contributed by atoms with Crippen LogP contribution in [0.4, 0.5) is 5.69 Å².